The molecule has 0 spiro atoms. The number of benzene rings is 1. The number of carboxylic acids is 2. The Balaban J connectivity index is 0.00000264. The average Bonchev–Trinajstić information content (AvgIpc) is 2.53. The van der Waals surface area contributed by atoms with Crippen LogP contribution in [0, 0.1) is 5.92 Å². The Morgan fingerprint density at radius 1 is 1.13 bits per heavy atom. The molecule has 0 aromatic heterocycles. The molecule has 128 valence electrons. The summed E-state index contributed by atoms with van der Waals surface area (Å²) in [5.41, 5.74) is 6.60. The number of rotatable bonds is 6. The van der Waals surface area contributed by atoms with Gasteiger partial charge in [0.05, 0.1) is 5.41 Å². The van der Waals surface area contributed by atoms with Crippen LogP contribution in [0.2, 0.25) is 0 Å². The van der Waals surface area contributed by atoms with Crippen molar-refractivity contribution in [3.05, 3.63) is 35.4 Å². The van der Waals surface area contributed by atoms with Gasteiger partial charge in [0.1, 0.15) is 0 Å². The van der Waals surface area contributed by atoms with Gasteiger partial charge in [-0.3, -0.25) is 9.59 Å². The smallest absolute Gasteiger partial charge is 0.314 e. The van der Waals surface area contributed by atoms with Crippen molar-refractivity contribution in [2.45, 2.75) is 43.9 Å². The highest BCUT2D eigenvalue weighted by Crippen LogP contribution is 2.41. The molecule has 1 saturated carbocycles. The molecule has 0 atom stereocenters. The van der Waals surface area contributed by atoms with E-state index in [9.17, 15) is 14.7 Å². The molecule has 6 heteroatoms. The van der Waals surface area contributed by atoms with E-state index in [-0.39, 0.29) is 18.8 Å². The summed E-state index contributed by atoms with van der Waals surface area (Å²) in [5.74, 6) is -1.19. The van der Waals surface area contributed by atoms with E-state index in [1.54, 1.807) is 0 Å². The topological polar surface area (TPSA) is 101 Å². The van der Waals surface area contributed by atoms with Crippen molar-refractivity contribution in [2.24, 2.45) is 11.7 Å². The van der Waals surface area contributed by atoms with Gasteiger partial charge in [0, 0.05) is 6.42 Å². The molecule has 4 N–H and O–H groups in total. The summed E-state index contributed by atoms with van der Waals surface area (Å²) in [6, 6.07) is 7.37. The van der Waals surface area contributed by atoms with Crippen LogP contribution in [0.15, 0.2) is 24.3 Å². The van der Waals surface area contributed by atoms with Gasteiger partial charge in [-0.05, 0) is 55.7 Å². The predicted octanol–water partition coefficient (Wildman–Crippen LogP) is 2.60. The van der Waals surface area contributed by atoms with Crippen molar-refractivity contribution in [1.82, 2.24) is 0 Å². The third-order valence-corrected chi connectivity index (χ3v) is 4.84. The summed E-state index contributed by atoms with van der Waals surface area (Å²) < 4.78 is 0. The van der Waals surface area contributed by atoms with E-state index in [1.807, 2.05) is 24.3 Å². The van der Waals surface area contributed by atoms with Gasteiger partial charge in [0.2, 0.25) is 0 Å². The lowest BCUT2D eigenvalue weighted by molar-refractivity contribution is -0.145. The van der Waals surface area contributed by atoms with Crippen molar-refractivity contribution >= 4 is 24.3 Å². The normalized spacial score (nSPS) is 23.8. The van der Waals surface area contributed by atoms with Gasteiger partial charge in [-0.25, -0.2) is 0 Å². The summed E-state index contributed by atoms with van der Waals surface area (Å²) in [6.45, 7) is 0.615. The molecule has 5 nitrogen and oxygen atoms in total. The number of aliphatic carboxylic acids is 2. The molecule has 1 aliphatic carbocycles. The molecule has 0 unspecified atom stereocenters. The van der Waals surface area contributed by atoms with Gasteiger partial charge >= 0.3 is 11.9 Å². The van der Waals surface area contributed by atoms with Crippen molar-refractivity contribution in [3.63, 3.8) is 0 Å². The van der Waals surface area contributed by atoms with Crippen LogP contribution in [0.25, 0.3) is 0 Å². The SMILES string of the molecule is Cl.NCC1CCC(C(=O)O)(c2ccc(CCC(=O)O)cc2)CC1. The van der Waals surface area contributed by atoms with Gasteiger partial charge in [-0.2, -0.15) is 0 Å². The molecule has 1 fully saturated rings. The zero-order chi connectivity index (χ0) is 16.2. The second-order valence-corrected chi connectivity index (χ2v) is 6.16. The molecule has 0 aliphatic heterocycles. The van der Waals surface area contributed by atoms with Crippen LogP contribution in [0.3, 0.4) is 0 Å². The standard InChI is InChI=1S/C17H23NO4.ClH/c18-11-13-7-9-17(10-8-13,16(21)22)14-4-1-12(2-5-14)3-6-15(19)20;/h1-2,4-5,13H,3,6-11,18H2,(H,19,20)(H,21,22);1H. The van der Waals surface area contributed by atoms with Gasteiger partial charge in [-0.15, -0.1) is 12.4 Å². The van der Waals surface area contributed by atoms with Crippen LogP contribution < -0.4 is 5.73 Å². The number of carbonyl (C=O) groups is 2. The van der Waals surface area contributed by atoms with Gasteiger partial charge < -0.3 is 15.9 Å². The highest BCUT2D eigenvalue weighted by molar-refractivity contribution is 5.85. The maximum atomic E-state index is 11.9. The van der Waals surface area contributed by atoms with Crippen molar-refractivity contribution in [1.29, 1.82) is 0 Å². The summed E-state index contributed by atoms with van der Waals surface area (Å²) in [7, 11) is 0. The quantitative estimate of drug-likeness (QED) is 0.738. The van der Waals surface area contributed by atoms with Crippen LogP contribution in [-0.2, 0) is 21.4 Å². The van der Waals surface area contributed by atoms with E-state index in [4.69, 9.17) is 10.8 Å². The Morgan fingerprint density at radius 2 is 1.70 bits per heavy atom. The van der Waals surface area contributed by atoms with Crippen molar-refractivity contribution < 1.29 is 19.8 Å². The van der Waals surface area contributed by atoms with Gasteiger partial charge in [-0.1, -0.05) is 24.3 Å². The molecule has 0 radical (unpaired) electrons. The zero-order valence-electron chi connectivity index (χ0n) is 13.0. The molecular formula is C17H24ClNO4. The molecule has 0 bridgehead atoms. The molecular weight excluding hydrogens is 318 g/mol. The third-order valence-electron chi connectivity index (χ3n) is 4.84. The molecule has 1 aliphatic rings. The summed E-state index contributed by atoms with van der Waals surface area (Å²) in [6.07, 6.45) is 3.44. The molecule has 0 heterocycles. The fourth-order valence-corrected chi connectivity index (χ4v) is 3.27. The van der Waals surface area contributed by atoms with Crippen LogP contribution in [0.5, 0.6) is 0 Å². The molecule has 1 aromatic carbocycles. The summed E-state index contributed by atoms with van der Waals surface area (Å²) >= 11 is 0. The minimum atomic E-state index is -0.828. The Bertz CT molecular complexity index is 536. The zero-order valence-corrected chi connectivity index (χ0v) is 13.8. The maximum absolute atomic E-state index is 11.9. The third kappa shape index (κ3) is 4.45. The Morgan fingerprint density at radius 3 is 2.13 bits per heavy atom. The van der Waals surface area contributed by atoms with E-state index in [0.717, 1.165) is 24.0 Å². The van der Waals surface area contributed by atoms with E-state index < -0.39 is 17.4 Å². The maximum Gasteiger partial charge on any atom is 0.314 e. The van der Waals surface area contributed by atoms with Gasteiger partial charge in [0.15, 0.2) is 0 Å². The number of carboxylic acid groups (broad SMARTS) is 2. The molecule has 2 rings (SSSR count). The lowest BCUT2D eigenvalue weighted by atomic mass is 9.66. The second-order valence-electron chi connectivity index (χ2n) is 6.16. The second kappa shape index (κ2) is 8.31. The lowest BCUT2D eigenvalue weighted by Crippen LogP contribution is -2.40. The summed E-state index contributed by atoms with van der Waals surface area (Å²) in [4.78, 5) is 22.5. The molecule has 23 heavy (non-hydrogen) atoms. The Labute approximate surface area is 142 Å². The van der Waals surface area contributed by atoms with Crippen LogP contribution >= 0.6 is 12.4 Å². The van der Waals surface area contributed by atoms with E-state index in [1.165, 1.54) is 0 Å². The first-order valence-electron chi connectivity index (χ1n) is 7.72. The highest BCUT2D eigenvalue weighted by Gasteiger charge is 2.43. The minimum absolute atomic E-state index is 0. The van der Waals surface area contributed by atoms with Gasteiger partial charge in [0.25, 0.3) is 0 Å². The Kier molecular flexibility index (Phi) is 7.03. The van der Waals surface area contributed by atoms with Crippen molar-refractivity contribution in [3.8, 4) is 0 Å². The monoisotopic (exact) mass is 341 g/mol. The van der Waals surface area contributed by atoms with Crippen LogP contribution in [0.1, 0.15) is 43.2 Å². The first-order chi connectivity index (χ1) is 10.5. The average molecular weight is 342 g/mol. The van der Waals surface area contributed by atoms with E-state index >= 15 is 0 Å². The lowest BCUT2D eigenvalue weighted by Gasteiger charge is -2.37. The minimum Gasteiger partial charge on any atom is -0.481 e. The number of hydrogen-bond donors (Lipinski definition) is 3. The first-order valence-corrected chi connectivity index (χ1v) is 7.72. The predicted molar refractivity (Wildman–Crippen MR) is 90.0 cm³/mol. The molecule has 0 saturated heterocycles. The fourth-order valence-electron chi connectivity index (χ4n) is 3.27. The van der Waals surface area contributed by atoms with E-state index in [0.29, 0.717) is 31.7 Å². The Hall–Kier alpha value is -1.59. The van der Waals surface area contributed by atoms with Crippen LogP contribution in [0.4, 0.5) is 0 Å². The number of halogens is 1. The number of hydrogen-bond acceptors (Lipinski definition) is 3. The summed E-state index contributed by atoms with van der Waals surface area (Å²) in [5, 5.41) is 18.4. The first kappa shape index (κ1) is 19.5. The molecule has 0 amide bonds. The van der Waals surface area contributed by atoms with Crippen LogP contribution in [-0.4, -0.2) is 28.7 Å². The van der Waals surface area contributed by atoms with E-state index in [2.05, 4.69) is 0 Å². The molecule has 1 aromatic rings. The number of nitrogens with two attached hydrogens (primary N) is 1. The highest BCUT2D eigenvalue weighted by atomic mass is 35.5. The van der Waals surface area contributed by atoms with Crippen molar-refractivity contribution in [2.75, 3.05) is 6.54 Å². The fraction of sp³-hybridized carbons (Fsp3) is 0.529. The number of aryl methyl sites for hydroxylation is 1. The largest absolute Gasteiger partial charge is 0.481 e.